The van der Waals surface area contributed by atoms with Gasteiger partial charge in [0.05, 0.1) is 17.5 Å². The van der Waals surface area contributed by atoms with Crippen molar-refractivity contribution in [3.05, 3.63) is 64.2 Å². The maximum Gasteiger partial charge on any atom is 0.258 e. The Bertz CT molecular complexity index is 907. The number of benzene rings is 2. The molecular formula is C19H20ClNO3S. The minimum Gasteiger partial charge on any atom is -0.304 e. The molecule has 1 amide bonds. The van der Waals surface area contributed by atoms with Crippen molar-refractivity contribution >= 4 is 33.0 Å². The molecule has 2 aromatic rings. The molecule has 25 heavy (non-hydrogen) atoms. The van der Waals surface area contributed by atoms with Gasteiger partial charge in [0.1, 0.15) is 0 Å². The highest BCUT2D eigenvalue weighted by atomic mass is 35.5. The molecule has 1 aliphatic heterocycles. The number of anilines is 1. The molecule has 3 rings (SSSR count). The third kappa shape index (κ3) is 3.72. The zero-order valence-corrected chi connectivity index (χ0v) is 15.8. The summed E-state index contributed by atoms with van der Waals surface area (Å²) in [6.07, 6.45) is 0.436. The average molecular weight is 378 g/mol. The summed E-state index contributed by atoms with van der Waals surface area (Å²) < 4.78 is 23.9. The molecule has 2 aromatic carbocycles. The first-order chi connectivity index (χ1) is 11.8. The van der Waals surface area contributed by atoms with Crippen molar-refractivity contribution < 1.29 is 13.2 Å². The lowest BCUT2D eigenvalue weighted by molar-refractivity contribution is 0.0979. The highest BCUT2D eigenvalue weighted by Gasteiger charge is 2.36. The molecule has 0 saturated carbocycles. The van der Waals surface area contributed by atoms with Crippen molar-refractivity contribution in [1.82, 2.24) is 0 Å². The summed E-state index contributed by atoms with van der Waals surface area (Å²) in [4.78, 5) is 14.8. The summed E-state index contributed by atoms with van der Waals surface area (Å²) >= 11 is 6.24. The lowest BCUT2D eigenvalue weighted by Gasteiger charge is -2.30. The monoisotopic (exact) mass is 377 g/mol. The largest absolute Gasteiger partial charge is 0.304 e. The third-order valence-electron chi connectivity index (χ3n) is 4.59. The number of carbonyl (C=O) groups is 1. The quantitative estimate of drug-likeness (QED) is 0.817. The molecule has 4 nitrogen and oxygen atoms in total. The summed E-state index contributed by atoms with van der Waals surface area (Å²) in [6, 6.07) is 12.3. The van der Waals surface area contributed by atoms with Gasteiger partial charge in [0.15, 0.2) is 9.84 Å². The summed E-state index contributed by atoms with van der Waals surface area (Å²) in [5.41, 5.74) is 3.04. The number of nitrogens with zero attached hydrogens (tertiary/aromatic N) is 1. The van der Waals surface area contributed by atoms with Crippen molar-refractivity contribution in [3.63, 3.8) is 0 Å². The predicted octanol–water partition coefficient (Wildman–Crippen LogP) is 3.79. The van der Waals surface area contributed by atoms with E-state index in [1.54, 1.807) is 29.2 Å². The second kappa shape index (κ2) is 6.81. The molecule has 6 heteroatoms. The van der Waals surface area contributed by atoms with E-state index in [2.05, 4.69) is 0 Å². The van der Waals surface area contributed by atoms with E-state index in [-0.39, 0.29) is 23.5 Å². The Balaban J connectivity index is 2.07. The first kappa shape index (κ1) is 18.0. The number of rotatable bonds is 3. The highest BCUT2D eigenvalue weighted by molar-refractivity contribution is 7.91. The average Bonchev–Trinajstić information content (AvgIpc) is 2.92. The zero-order valence-electron chi connectivity index (χ0n) is 14.2. The van der Waals surface area contributed by atoms with Crippen LogP contribution in [-0.2, 0) is 9.84 Å². The summed E-state index contributed by atoms with van der Waals surface area (Å²) in [5, 5.41) is 0.556. The van der Waals surface area contributed by atoms with E-state index in [9.17, 15) is 13.2 Å². The van der Waals surface area contributed by atoms with Gasteiger partial charge in [0.2, 0.25) is 0 Å². The molecule has 132 valence electrons. The molecule has 1 unspecified atom stereocenters. The van der Waals surface area contributed by atoms with E-state index in [1.165, 1.54) is 0 Å². The molecule has 1 atom stereocenters. The number of aryl methyl sites for hydroxylation is 1. The van der Waals surface area contributed by atoms with Crippen molar-refractivity contribution in [2.45, 2.75) is 26.3 Å². The minimum absolute atomic E-state index is 0.0173. The Morgan fingerprint density at radius 3 is 2.40 bits per heavy atom. The van der Waals surface area contributed by atoms with Gasteiger partial charge < -0.3 is 4.90 Å². The van der Waals surface area contributed by atoms with E-state index < -0.39 is 9.84 Å². The molecule has 0 aromatic heterocycles. The molecule has 0 spiro atoms. The van der Waals surface area contributed by atoms with Crippen molar-refractivity contribution in [1.29, 1.82) is 0 Å². The first-order valence-electron chi connectivity index (χ1n) is 8.14. The van der Waals surface area contributed by atoms with Gasteiger partial charge in [-0.15, -0.1) is 0 Å². The van der Waals surface area contributed by atoms with Gasteiger partial charge in [0, 0.05) is 16.3 Å². The van der Waals surface area contributed by atoms with Crippen LogP contribution in [0.25, 0.3) is 0 Å². The van der Waals surface area contributed by atoms with Gasteiger partial charge >= 0.3 is 0 Å². The standard InChI is InChI=1S/C19H20ClNO3S/c1-13-6-8-15(9-7-13)19(22)21(16-10-11-25(23,24)12-16)18-5-3-4-17(20)14(18)2/h3-9,16H,10-12H2,1-2H3. The summed E-state index contributed by atoms with van der Waals surface area (Å²) in [7, 11) is -3.12. The van der Waals surface area contributed by atoms with E-state index in [1.807, 2.05) is 32.0 Å². The van der Waals surface area contributed by atoms with Crippen LogP contribution in [-0.4, -0.2) is 31.9 Å². The first-order valence-corrected chi connectivity index (χ1v) is 10.3. The second-order valence-corrected chi connectivity index (χ2v) is 9.12. The maximum absolute atomic E-state index is 13.2. The van der Waals surface area contributed by atoms with Crippen LogP contribution < -0.4 is 4.90 Å². The van der Waals surface area contributed by atoms with Crippen LogP contribution in [0, 0.1) is 13.8 Å². The van der Waals surface area contributed by atoms with Crippen LogP contribution in [0.15, 0.2) is 42.5 Å². The SMILES string of the molecule is Cc1ccc(C(=O)N(c2cccc(Cl)c2C)C2CCS(=O)(=O)C2)cc1. The predicted molar refractivity (Wildman–Crippen MR) is 101 cm³/mol. The molecule has 0 radical (unpaired) electrons. The fourth-order valence-electron chi connectivity index (χ4n) is 3.14. The lowest BCUT2D eigenvalue weighted by Crippen LogP contribution is -2.41. The second-order valence-electron chi connectivity index (χ2n) is 6.48. The Morgan fingerprint density at radius 2 is 1.80 bits per heavy atom. The van der Waals surface area contributed by atoms with Crippen LogP contribution in [0.1, 0.15) is 27.9 Å². The Kier molecular flexibility index (Phi) is 4.89. The van der Waals surface area contributed by atoms with E-state index in [4.69, 9.17) is 11.6 Å². The van der Waals surface area contributed by atoms with Gasteiger partial charge in [-0.3, -0.25) is 4.79 Å². The van der Waals surface area contributed by atoms with Crippen LogP contribution in [0.3, 0.4) is 0 Å². The molecule has 0 aliphatic carbocycles. The number of sulfone groups is 1. The van der Waals surface area contributed by atoms with Crippen molar-refractivity contribution in [2.24, 2.45) is 0 Å². The van der Waals surface area contributed by atoms with Crippen LogP contribution in [0.4, 0.5) is 5.69 Å². The normalized spacial score (nSPS) is 18.9. The number of halogens is 1. The fourth-order valence-corrected chi connectivity index (χ4v) is 5.01. The van der Waals surface area contributed by atoms with Gasteiger partial charge in [-0.25, -0.2) is 8.42 Å². The van der Waals surface area contributed by atoms with Gasteiger partial charge in [0.25, 0.3) is 5.91 Å². The Hall–Kier alpha value is -1.85. The van der Waals surface area contributed by atoms with Gasteiger partial charge in [-0.2, -0.15) is 0 Å². The summed E-state index contributed by atoms with van der Waals surface area (Å²) in [6.45, 7) is 3.80. The number of hydrogen-bond donors (Lipinski definition) is 0. The smallest absolute Gasteiger partial charge is 0.258 e. The van der Waals surface area contributed by atoms with Crippen molar-refractivity contribution in [3.8, 4) is 0 Å². The van der Waals surface area contributed by atoms with Crippen LogP contribution >= 0.6 is 11.6 Å². The van der Waals surface area contributed by atoms with Crippen LogP contribution in [0.2, 0.25) is 5.02 Å². The minimum atomic E-state index is -3.12. The molecule has 0 N–H and O–H groups in total. The van der Waals surface area contributed by atoms with Crippen molar-refractivity contribution in [2.75, 3.05) is 16.4 Å². The maximum atomic E-state index is 13.2. The molecule has 0 bridgehead atoms. The van der Waals surface area contributed by atoms with Crippen LogP contribution in [0.5, 0.6) is 0 Å². The zero-order chi connectivity index (χ0) is 18.2. The molecule has 1 saturated heterocycles. The molecule has 1 heterocycles. The van der Waals surface area contributed by atoms with E-state index in [0.29, 0.717) is 22.7 Å². The van der Waals surface area contributed by atoms with Gasteiger partial charge in [-0.1, -0.05) is 35.4 Å². The lowest BCUT2D eigenvalue weighted by atomic mass is 10.1. The fraction of sp³-hybridized carbons (Fsp3) is 0.316. The van der Waals surface area contributed by atoms with E-state index in [0.717, 1.165) is 11.1 Å². The van der Waals surface area contributed by atoms with E-state index >= 15 is 0 Å². The number of hydrogen-bond acceptors (Lipinski definition) is 3. The Morgan fingerprint density at radius 1 is 1.12 bits per heavy atom. The third-order valence-corrected chi connectivity index (χ3v) is 6.75. The highest BCUT2D eigenvalue weighted by Crippen LogP contribution is 2.32. The Labute approximate surface area is 153 Å². The molecule has 1 fully saturated rings. The molecular weight excluding hydrogens is 358 g/mol. The summed E-state index contributed by atoms with van der Waals surface area (Å²) in [5.74, 6) is -0.113. The molecule has 1 aliphatic rings. The number of amides is 1. The topological polar surface area (TPSA) is 54.5 Å². The number of carbonyl (C=O) groups excluding carboxylic acids is 1. The van der Waals surface area contributed by atoms with Gasteiger partial charge in [-0.05, 0) is 50.1 Å².